The van der Waals surface area contributed by atoms with Gasteiger partial charge in [0, 0.05) is 50.5 Å². The number of nitrogens with zero attached hydrogens (tertiary/aromatic N) is 4. The second-order valence-electron chi connectivity index (χ2n) is 8.50. The Morgan fingerprint density at radius 3 is 2.33 bits per heavy atom. The van der Waals surface area contributed by atoms with Crippen LogP contribution in [0.2, 0.25) is 0 Å². The van der Waals surface area contributed by atoms with Gasteiger partial charge in [-0.15, -0.1) is 0 Å². The summed E-state index contributed by atoms with van der Waals surface area (Å²) in [4.78, 5) is 23.1. The molecule has 2 aliphatic heterocycles. The number of aromatic nitrogens is 1. The molecule has 0 aliphatic carbocycles. The molecule has 5 nitrogen and oxygen atoms in total. The van der Waals surface area contributed by atoms with Crippen LogP contribution < -0.4 is 4.90 Å². The molecule has 4 rings (SSSR count). The second-order valence-corrected chi connectivity index (χ2v) is 8.50. The molecule has 2 fully saturated rings. The number of piperidine rings is 1. The number of carbonyl (C=O) groups is 1. The zero-order chi connectivity index (χ0) is 20.9. The van der Waals surface area contributed by atoms with E-state index in [2.05, 4.69) is 50.5 Å². The first-order valence-electron chi connectivity index (χ1n) is 11.0. The summed E-state index contributed by atoms with van der Waals surface area (Å²) in [5.74, 6) is 1.03. The number of aryl methyl sites for hydroxylation is 1. The maximum atomic E-state index is 10.9. The number of likely N-dealkylation sites (tertiary alicyclic amines) is 1. The normalized spacial score (nSPS) is 19.0. The molecule has 3 heterocycles. The first-order valence-corrected chi connectivity index (χ1v) is 11.0. The van der Waals surface area contributed by atoms with E-state index in [1.54, 1.807) is 6.20 Å². The molecular weight excluding hydrogens is 372 g/mol. The lowest BCUT2D eigenvalue weighted by atomic mass is 10.0. The minimum Gasteiger partial charge on any atom is -0.354 e. The third-order valence-electron chi connectivity index (χ3n) is 6.52. The molecule has 30 heavy (non-hydrogen) atoms. The SMILES string of the molecule is C=Cc1ccc(CN2CCC(N3CCN(c4ncc(C=O)cc4C)CC3)CC2)cc1. The van der Waals surface area contributed by atoms with Gasteiger partial charge in [0.15, 0.2) is 6.29 Å². The molecule has 0 bridgehead atoms. The van der Waals surface area contributed by atoms with Gasteiger partial charge in [0.05, 0.1) is 0 Å². The summed E-state index contributed by atoms with van der Waals surface area (Å²) < 4.78 is 0. The van der Waals surface area contributed by atoms with Crippen LogP contribution in [0, 0.1) is 6.92 Å². The maximum absolute atomic E-state index is 10.9. The van der Waals surface area contributed by atoms with Gasteiger partial charge in [-0.3, -0.25) is 14.6 Å². The van der Waals surface area contributed by atoms with Crippen LogP contribution in [0.4, 0.5) is 5.82 Å². The predicted octanol–water partition coefficient (Wildman–Crippen LogP) is 3.63. The third-order valence-corrected chi connectivity index (χ3v) is 6.52. The molecule has 0 radical (unpaired) electrons. The van der Waals surface area contributed by atoms with Gasteiger partial charge in [-0.1, -0.05) is 36.9 Å². The Kier molecular flexibility index (Phi) is 6.60. The lowest BCUT2D eigenvalue weighted by molar-refractivity contribution is 0.0997. The molecule has 0 atom stereocenters. The van der Waals surface area contributed by atoms with E-state index in [4.69, 9.17) is 0 Å². The number of hydrogen-bond donors (Lipinski definition) is 0. The summed E-state index contributed by atoms with van der Waals surface area (Å²) in [6, 6.07) is 11.4. The molecule has 0 saturated carbocycles. The van der Waals surface area contributed by atoms with Crippen LogP contribution in [0.3, 0.4) is 0 Å². The van der Waals surface area contributed by atoms with E-state index in [0.29, 0.717) is 11.6 Å². The van der Waals surface area contributed by atoms with Gasteiger partial charge in [0.25, 0.3) is 0 Å². The lowest BCUT2D eigenvalue weighted by Crippen LogP contribution is -2.53. The van der Waals surface area contributed by atoms with E-state index >= 15 is 0 Å². The molecule has 0 spiro atoms. The topological polar surface area (TPSA) is 39.7 Å². The monoisotopic (exact) mass is 404 g/mol. The Morgan fingerprint density at radius 1 is 1.03 bits per heavy atom. The van der Waals surface area contributed by atoms with Crippen molar-refractivity contribution in [3.05, 3.63) is 65.4 Å². The fraction of sp³-hybridized carbons (Fsp3) is 0.440. The highest BCUT2D eigenvalue weighted by Crippen LogP contribution is 2.23. The van der Waals surface area contributed by atoms with Crippen molar-refractivity contribution in [1.82, 2.24) is 14.8 Å². The number of piperazine rings is 1. The smallest absolute Gasteiger partial charge is 0.151 e. The van der Waals surface area contributed by atoms with E-state index in [9.17, 15) is 4.79 Å². The molecular formula is C25H32N4O. The quantitative estimate of drug-likeness (QED) is 0.688. The summed E-state index contributed by atoms with van der Waals surface area (Å²) in [6.07, 6.45) is 6.94. The molecule has 0 N–H and O–H groups in total. The Morgan fingerprint density at radius 2 is 1.73 bits per heavy atom. The highest BCUT2D eigenvalue weighted by Gasteiger charge is 2.28. The lowest BCUT2D eigenvalue weighted by Gasteiger charge is -2.43. The molecule has 0 amide bonds. The first-order chi connectivity index (χ1) is 14.7. The summed E-state index contributed by atoms with van der Waals surface area (Å²) >= 11 is 0. The molecule has 1 aromatic carbocycles. The Labute approximate surface area is 180 Å². The van der Waals surface area contributed by atoms with Crippen LogP contribution in [-0.4, -0.2) is 66.4 Å². The zero-order valence-electron chi connectivity index (χ0n) is 18.0. The number of aldehydes is 1. The van der Waals surface area contributed by atoms with Crippen molar-refractivity contribution < 1.29 is 4.79 Å². The summed E-state index contributed by atoms with van der Waals surface area (Å²) in [5, 5.41) is 0. The van der Waals surface area contributed by atoms with Gasteiger partial charge in [0.2, 0.25) is 0 Å². The predicted molar refractivity (Wildman–Crippen MR) is 123 cm³/mol. The minimum absolute atomic E-state index is 0.651. The van der Waals surface area contributed by atoms with Gasteiger partial charge in [-0.2, -0.15) is 0 Å². The van der Waals surface area contributed by atoms with Gasteiger partial charge >= 0.3 is 0 Å². The van der Waals surface area contributed by atoms with Crippen molar-refractivity contribution in [2.24, 2.45) is 0 Å². The maximum Gasteiger partial charge on any atom is 0.151 e. The molecule has 2 aliphatic rings. The summed E-state index contributed by atoms with van der Waals surface area (Å²) in [5.41, 5.74) is 4.30. The van der Waals surface area contributed by atoms with Gasteiger partial charge in [-0.25, -0.2) is 4.98 Å². The average Bonchev–Trinajstić information content (AvgIpc) is 2.80. The Hall–Kier alpha value is -2.50. The van der Waals surface area contributed by atoms with Crippen molar-refractivity contribution in [3.8, 4) is 0 Å². The molecule has 2 aromatic rings. The fourth-order valence-electron chi connectivity index (χ4n) is 4.74. The Balaban J connectivity index is 1.25. The second kappa shape index (κ2) is 9.54. The standard InChI is InChI=1S/C25H32N4O/c1-3-21-4-6-22(7-5-21)18-27-10-8-24(9-11-27)28-12-14-29(15-13-28)25-20(2)16-23(19-30)17-26-25/h3-7,16-17,19,24H,1,8-15,18H2,2H3. The summed E-state index contributed by atoms with van der Waals surface area (Å²) in [7, 11) is 0. The van der Waals surface area contributed by atoms with Crippen LogP contribution in [0.5, 0.6) is 0 Å². The minimum atomic E-state index is 0.651. The largest absolute Gasteiger partial charge is 0.354 e. The van der Waals surface area contributed by atoms with Crippen LogP contribution in [-0.2, 0) is 6.54 Å². The van der Waals surface area contributed by atoms with Crippen LogP contribution >= 0.6 is 0 Å². The fourth-order valence-corrected chi connectivity index (χ4v) is 4.74. The summed E-state index contributed by atoms with van der Waals surface area (Å²) in [6.45, 7) is 13.4. The van der Waals surface area contributed by atoms with Crippen molar-refractivity contribution in [3.63, 3.8) is 0 Å². The van der Waals surface area contributed by atoms with E-state index < -0.39 is 0 Å². The van der Waals surface area contributed by atoms with Crippen molar-refractivity contribution >= 4 is 18.2 Å². The molecule has 5 heteroatoms. The van der Waals surface area contributed by atoms with Crippen molar-refractivity contribution in [1.29, 1.82) is 0 Å². The van der Waals surface area contributed by atoms with E-state index in [0.717, 1.165) is 50.4 Å². The number of hydrogen-bond acceptors (Lipinski definition) is 5. The molecule has 158 valence electrons. The molecule has 1 aromatic heterocycles. The van der Waals surface area contributed by atoms with Crippen LogP contribution in [0.1, 0.15) is 39.9 Å². The highest BCUT2D eigenvalue weighted by molar-refractivity contribution is 5.75. The van der Waals surface area contributed by atoms with E-state index in [1.165, 1.54) is 37.1 Å². The number of pyridine rings is 1. The zero-order valence-corrected chi connectivity index (χ0v) is 18.0. The number of carbonyl (C=O) groups excluding carboxylic acids is 1. The molecule has 2 saturated heterocycles. The van der Waals surface area contributed by atoms with Crippen LogP contribution in [0.25, 0.3) is 6.08 Å². The first kappa shape index (κ1) is 20.8. The average molecular weight is 405 g/mol. The van der Waals surface area contributed by atoms with Crippen molar-refractivity contribution in [2.45, 2.75) is 32.4 Å². The third kappa shape index (κ3) is 4.79. The van der Waals surface area contributed by atoms with Gasteiger partial charge < -0.3 is 4.90 Å². The Bertz CT molecular complexity index is 863. The van der Waals surface area contributed by atoms with Crippen molar-refractivity contribution in [2.75, 3.05) is 44.2 Å². The van der Waals surface area contributed by atoms with E-state index in [1.807, 2.05) is 19.1 Å². The number of benzene rings is 1. The molecule has 0 unspecified atom stereocenters. The van der Waals surface area contributed by atoms with Crippen LogP contribution in [0.15, 0.2) is 43.1 Å². The number of rotatable bonds is 6. The van der Waals surface area contributed by atoms with Gasteiger partial charge in [0.1, 0.15) is 5.82 Å². The number of anilines is 1. The van der Waals surface area contributed by atoms with E-state index in [-0.39, 0.29) is 0 Å². The van der Waals surface area contributed by atoms with Gasteiger partial charge in [-0.05, 0) is 55.6 Å². The highest BCUT2D eigenvalue weighted by atomic mass is 16.1.